The molecule has 1 unspecified atom stereocenters. The molecule has 0 saturated carbocycles. The monoisotopic (exact) mass is 318 g/mol. The first kappa shape index (κ1) is 15.8. The molecule has 1 aliphatic heterocycles. The highest BCUT2D eigenvalue weighted by Gasteiger charge is 2.20. The minimum absolute atomic E-state index is 0.260. The molecule has 1 aromatic carbocycles. The average Bonchev–Trinajstić information content (AvgIpc) is 2.51. The number of likely N-dealkylation sites (tertiary alicyclic amines) is 1. The molecule has 4 nitrogen and oxygen atoms in total. The van der Waals surface area contributed by atoms with Crippen LogP contribution in [0.1, 0.15) is 24.1 Å². The number of hydrogen-bond acceptors (Lipinski definition) is 4. The molecule has 2 heterocycles. The number of nitrogens with one attached hydrogen (secondary N) is 1. The van der Waals surface area contributed by atoms with Crippen molar-refractivity contribution < 1.29 is 8.78 Å². The zero-order valence-corrected chi connectivity index (χ0v) is 13.1. The summed E-state index contributed by atoms with van der Waals surface area (Å²) in [6, 6.07) is 6.22. The zero-order chi connectivity index (χ0) is 16.2. The predicted molar refractivity (Wildman–Crippen MR) is 85.0 cm³/mol. The maximum absolute atomic E-state index is 13.3. The number of aryl methyl sites for hydroxylation is 1. The van der Waals surface area contributed by atoms with Gasteiger partial charge in [0.25, 0.3) is 0 Å². The van der Waals surface area contributed by atoms with Crippen LogP contribution in [-0.2, 0) is 6.54 Å². The van der Waals surface area contributed by atoms with E-state index < -0.39 is 11.6 Å². The topological polar surface area (TPSA) is 41.1 Å². The van der Waals surface area contributed by atoms with Crippen LogP contribution in [0.3, 0.4) is 0 Å². The molecule has 2 aromatic rings. The lowest BCUT2D eigenvalue weighted by molar-refractivity contribution is 0.208. The molecule has 1 N–H and O–H groups in total. The first-order valence-electron chi connectivity index (χ1n) is 7.82. The van der Waals surface area contributed by atoms with Crippen molar-refractivity contribution in [2.45, 2.75) is 32.4 Å². The maximum atomic E-state index is 13.3. The molecular weight excluding hydrogens is 298 g/mol. The highest BCUT2D eigenvalue weighted by molar-refractivity contribution is 5.27. The third-order valence-corrected chi connectivity index (χ3v) is 4.02. The maximum Gasteiger partial charge on any atom is 0.223 e. The van der Waals surface area contributed by atoms with E-state index in [1.807, 2.05) is 13.0 Å². The molecule has 1 saturated heterocycles. The van der Waals surface area contributed by atoms with Gasteiger partial charge < -0.3 is 5.32 Å². The van der Waals surface area contributed by atoms with Crippen LogP contribution in [0, 0.1) is 18.6 Å². The molecule has 1 aliphatic rings. The van der Waals surface area contributed by atoms with Crippen LogP contribution >= 0.6 is 0 Å². The zero-order valence-electron chi connectivity index (χ0n) is 13.1. The van der Waals surface area contributed by atoms with Crippen molar-refractivity contribution in [1.82, 2.24) is 14.9 Å². The Morgan fingerprint density at radius 3 is 2.91 bits per heavy atom. The van der Waals surface area contributed by atoms with Gasteiger partial charge in [0.15, 0.2) is 11.6 Å². The molecule has 0 aliphatic carbocycles. The molecule has 1 aromatic heterocycles. The van der Waals surface area contributed by atoms with Gasteiger partial charge in [-0.05, 0) is 50.1 Å². The highest BCUT2D eigenvalue weighted by Crippen LogP contribution is 2.17. The quantitative estimate of drug-likeness (QED) is 0.940. The summed E-state index contributed by atoms with van der Waals surface area (Å²) in [4.78, 5) is 10.8. The number of halogens is 2. The minimum atomic E-state index is -0.802. The number of piperidine rings is 1. The van der Waals surface area contributed by atoms with E-state index >= 15 is 0 Å². The summed E-state index contributed by atoms with van der Waals surface area (Å²) in [6.45, 7) is 4.33. The van der Waals surface area contributed by atoms with Crippen LogP contribution in [0.2, 0.25) is 0 Å². The molecule has 0 amide bonds. The van der Waals surface area contributed by atoms with E-state index in [4.69, 9.17) is 0 Å². The first-order valence-corrected chi connectivity index (χ1v) is 7.82. The Morgan fingerprint density at radius 2 is 2.13 bits per heavy atom. The third kappa shape index (κ3) is 4.22. The normalized spacial score (nSPS) is 18.8. The number of rotatable bonds is 4. The smallest absolute Gasteiger partial charge is 0.223 e. The van der Waals surface area contributed by atoms with Gasteiger partial charge in [-0.3, -0.25) is 4.90 Å². The Bertz CT molecular complexity index is 677. The molecule has 122 valence electrons. The van der Waals surface area contributed by atoms with Gasteiger partial charge in [-0.2, -0.15) is 0 Å². The highest BCUT2D eigenvalue weighted by atomic mass is 19.2. The lowest BCUT2D eigenvalue weighted by Gasteiger charge is -2.33. The molecular formula is C17H20F2N4. The Morgan fingerprint density at radius 1 is 1.26 bits per heavy atom. The molecule has 0 radical (unpaired) electrons. The number of aromatic nitrogens is 2. The Balaban J connectivity index is 1.60. The molecule has 6 heteroatoms. The summed E-state index contributed by atoms with van der Waals surface area (Å²) in [5.41, 5.74) is 1.72. The van der Waals surface area contributed by atoms with Crippen molar-refractivity contribution in [1.29, 1.82) is 0 Å². The lowest BCUT2D eigenvalue weighted by atomic mass is 10.0. The van der Waals surface area contributed by atoms with Gasteiger partial charge in [-0.1, -0.05) is 6.07 Å². The van der Waals surface area contributed by atoms with Gasteiger partial charge in [0.2, 0.25) is 5.95 Å². The van der Waals surface area contributed by atoms with Crippen molar-refractivity contribution in [3.63, 3.8) is 0 Å². The molecule has 23 heavy (non-hydrogen) atoms. The second-order valence-corrected chi connectivity index (χ2v) is 5.99. The van der Waals surface area contributed by atoms with Crippen LogP contribution < -0.4 is 5.32 Å². The van der Waals surface area contributed by atoms with E-state index in [0.717, 1.165) is 37.2 Å². The molecule has 0 spiro atoms. The van der Waals surface area contributed by atoms with Crippen molar-refractivity contribution >= 4 is 5.95 Å². The van der Waals surface area contributed by atoms with Crippen molar-refractivity contribution in [3.05, 3.63) is 53.4 Å². The van der Waals surface area contributed by atoms with Crippen LogP contribution in [0.5, 0.6) is 0 Å². The fraction of sp³-hybridized carbons (Fsp3) is 0.412. The van der Waals surface area contributed by atoms with E-state index in [0.29, 0.717) is 12.5 Å². The average molecular weight is 318 g/mol. The largest absolute Gasteiger partial charge is 0.350 e. The third-order valence-electron chi connectivity index (χ3n) is 4.02. The second-order valence-electron chi connectivity index (χ2n) is 5.99. The molecule has 1 atom stereocenters. The molecule has 3 rings (SSSR count). The summed E-state index contributed by atoms with van der Waals surface area (Å²) in [7, 11) is 0. The number of hydrogen-bond donors (Lipinski definition) is 1. The van der Waals surface area contributed by atoms with E-state index in [9.17, 15) is 8.78 Å². The van der Waals surface area contributed by atoms with Crippen LogP contribution in [0.15, 0.2) is 30.5 Å². The van der Waals surface area contributed by atoms with E-state index in [1.54, 1.807) is 12.3 Å². The van der Waals surface area contributed by atoms with Gasteiger partial charge in [-0.15, -0.1) is 0 Å². The Labute approximate surface area is 134 Å². The van der Waals surface area contributed by atoms with E-state index in [2.05, 4.69) is 20.2 Å². The second kappa shape index (κ2) is 7.00. The van der Waals surface area contributed by atoms with E-state index in [-0.39, 0.29) is 6.04 Å². The predicted octanol–water partition coefficient (Wildman–Crippen LogP) is 3.14. The fourth-order valence-corrected chi connectivity index (χ4v) is 2.91. The number of benzene rings is 1. The minimum Gasteiger partial charge on any atom is -0.350 e. The lowest BCUT2D eigenvalue weighted by Crippen LogP contribution is -2.41. The van der Waals surface area contributed by atoms with Crippen molar-refractivity contribution in [2.75, 3.05) is 18.4 Å². The Kier molecular flexibility index (Phi) is 4.81. The van der Waals surface area contributed by atoms with Crippen molar-refractivity contribution in [3.8, 4) is 0 Å². The standard InChI is InChI=1S/C17H20F2N4/c1-12-6-7-20-17(21-12)22-14-3-2-8-23(11-14)10-13-4-5-15(18)16(19)9-13/h4-7,9,14H,2-3,8,10-11H2,1H3,(H,20,21,22). The summed E-state index contributed by atoms with van der Waals surface area (Å²) >= 11 is 0. The van der Waals surface area contributed by atoms with Crippen LogP contribution in [0.25, 0.3) is 0 Å². The van der Waals surface area contributed by atoms with Gasteiger partial charge in [0.05, 0.1) is 0 Å². The van der Waals surface area contributed by atoms with Gasteiger partial charge in [-0.25, -0.2) is 18.7 Å². The Hall–Kier alpha value is -2.08. The van der Waals surface area contributed by atoms with Crippen molar-refractivity contribution in [2.24, 2.45) is 0 Å². The molecule has 0 bridgehead atoms. The van der Waals surface area contributed by atoms with E-state index in [1.165, 1.54) is 12.1 Å². The van der Waals surface area contributed by atoms with Gasteiger partial charge in [0, 0.05) is 31.0 Å². The van der Waals surface area contributed by atoms with Gasteiger partial charge >= 0.3 is 0 Å². The van der Waals surface area contributed by atoms with Gasteiger partial charge in [0.1, 0.15) is 0 Å². The summed E-state index contributed by atoms with van der Waals surface area (Å²) in [5.74, 6) is -0.949. The summed E-state index contributed by atoms with van der Waals surface area (Å²) < 4.78 is 26.3. The first-order chi connectivity index (χ1) is 11.1. The fourth-order valence-electron chi connectivity index (χ4n) is 2.91. The molecule has 1 fully saturated rings. The summed E-state index contributed by atoms with van der Waals surface area (Å²) in [5, 5.41) is 3.36. The number of anilines is 1. The SMILES string of the molecule is Cc1ccnc(NC2CCCN(Cc3ccc(F)c(F)c3)C2)n1. The summed E-state index contributed by atoms with van der Waals surface area (Å²) in [6.07, 6.45) is 3.84. The van der Waals surface area contributed by atoms with Crippen LogP contribution in [-0.4, -0.2) is 34.0 Å². The number of nitrogens with zero attached hydrogens (tertiary/aromatic N) is 3. The van der Waals surface area contributed by atoms with Crippen LogP contribution in [0.4, 0.5) is 14.7 Å².